The topological polar surface area (TPSA) is 49.3 Å². The van der Waals surface area contributed by atoms with Crippen molar-refractivity contribution < 1.29 is 9.90 Å². The van der Waals surface area contributed by atoms with E-state index in [1.807, 2.05) is 0 Å². The monoisotopic (exact) mass is 155 g/mol. The van der Waals surface area contributed by atoms with E-state index in [1.165, 1.54) is 12.8 Å². The van der Waals surface area contributed by atoms with Crippen LogP contribution in [0.15, 0.2) is 0 Å². The van der Waals surface area contributed by atoms with Crippen molar-refractivity contribution in [1.29, 1.82) is 0 Å². The van der Waals surface area contributed by atoms with Crippen LogP contribution in [-0.2, 0) is 4.79 Å². The molecule has 62 valence electrons. The number of hydrogen-bond donors (Lipinski definition) is 2. The predicted octanol–water partition coefficient (Wildman–Crippen LogP) is 0.461. The van der Waals surface area contributed by atoms with Gasteiger partial charge in [0.2, 0.25) is 0 Å². The normalized spacial score (nSPS) is 32.5. The molecule has 0 aromatic carbocycles. The molecule has 1 spiro atoms. The molecule has 3 heteroatoms. The number of nitrogens with one attached hydrogen (secondary N) is 1. The first-order valence-corrected chi connectivity index (χ1v) is 4.15. The Morgan fingerprint density at radius 2 is 2.36 bits per heavy atom. The molecule has 0 unspecified atom stereocenters. The highest BCUT2D eigenvalue weighted by molar-refractivity contribution is 5.67. The molecule has 2 rings (SSSR count). The lowest BCUT2D eigenvalue weighted by molar-refractivity contribution is -0.138. The standard InChI is InChI=1S/C8H13NO2/c10-7(11)3-6-4-9-5-8(6)1-2-8/h6,9H,1-5H2,(H,10,11)/t6-/m0/s1. The van der Waals surface area contributed by atoms with Crippen molar-refractivity contribution in [2.75, 3.05) is 13.1 Å². The molecule has 0 aromatic heterocycles. The number of rotatable bonds is 2. The summed E-state index contributed by atoms with van der Waals surface area (Å²) in [5, 5.41) is 11.9. The lowest BCUT2D eigenvalue weighted by atomic mass is 9.90. The number of aliphatic carboxylic acids is 1. The SMILES string of the molecule is O=C(O)C[C@H]1CNCC12CC2. The van der Waals surface area contributed by atoms with Crippen molar-refractivity contribution in [3.63, 3.8) is 0 Å². The molecule has 1 heterocycles. The quantitative estimate of drug-likeness (QED) is 0.609. The lowest BCUT2D eigenvalue weighted by Gasteiger charge is -2.13. The van der Waals surface area contributed by atoms with Gasteiger partial charge >= 0.3 is 5.97 Å². The van der Waals surface area contributed by atoms with E-state index < -0.39 is 5.97 Å². The summed E-state index contributed by atoms with van der Waals surface area (Å²) >= 11 is 0. The van der Waals surface area contributed by atoms with E-state index >= 15 is 0 Å². The summed E-state index contributed by atoms with van der Waals surface area (Å²) in [5.74, 6) is -0.245. The van der Waals surface area contributed by atoms with Gasteiger partial charge in [-0.2, -0.15) is 0 Å². The Balaban J connectivity index is 1.97. The minimum atomic E-state index is -0.648. The lowest BCUT2D eigenvalue weighted by Crippen LogP contribution is -2.17. The molecule has 3 nitrogen and oxygen atoms in total. The van der Waals surface area contributed by atoms with Gasteiger partial charge in [0.25, 0.3) is 0 Å². The molecule has 1 saturated heterocycles. The zero-order valence-corrected chi connectivity index (χ0v) is 6.47. The first-order chi connectivity index (χ1) is 5.23. The molecule has 0 bridgehead atoms. The zero-order chi connectivity index (χ0) is 7.90. The predicted molar refractivity (Wildman–Crippen MR) is 40.3 cm³/mol. The Morgan fingerprint density at radius 1 is 1.64 bits per heavy atom. The van der Waals surface area contributed by atoms with Gasteiger partial charge in [0.05, 0.1) is 0 Å². The first-order valence-electron chi connectivity index (χ1n) is 4.15. The Morgan fingerprint density at radius 3 is 2.91 bits per heavy atom. The highest BCUT2D eigenvalue weighted by Gasteiger charge is 2.52. The second-order valence-corrected chi connectivity index (χ2v) is 3.79. The molecule has 0 radical (unpaired) electrons. The third-order valence-electron chi connectivity index (χ3n) is 3.05. The highest BCUT2D eigenvalue weighted by atomic mass is 16.4. The maximum atomic E-state index is 10.4. The van der Waals surface area contributed by atoms with Crippen LogP contribution in [0.3, 0.4) is 0 Å². The highest BCUT2D eigenvalue weighted by Crippen LogP contribution is 2.54. The molecule has 0 aromatic rings. The molecule has 2 N–H and O–H groups in total. The van der Waals surface area contributed by atoms with Crippen LogP contribution in [0.2, 0.25) is 0 Å². The smallest absolute Gasteiger partial charge is 0.303 e. The number of carboxylic acids is 1. The molecule has 1 aliphatic carbocycles. The van der Waals surface area contributed by atoms with Crippen LogP contribution >= 0.6 is 0 Å². The van der Waals surface area contributed by atoms with Crippen LogP contribution < -0.4 is 5.32 Å². The summed E-state index contributed by atoms with van der Waals surface area (Å²) in [6.07, 6.45) is 2.82. The summed E-state index contributed by atoms with van der Waals surface area (Å²) in [6, 6.07) is 0. The molecule has 2 aliphatic rings. The molecule has 1 saturated carbocycles. The number of carbonyl (C=O) groups is 1. The van der Waals surface area contributed by atoms with Crippen molar-refractivity contribution >= 4 is 5.97 Å². The molecule has 11 heavy (non-hydrogen) atoms. The van der Waals surface area contributed by atoms with E-state index in [0.717, 1.165) is 13.1 Å². The van der Waals surface area contributed by atoms with Gasteiger partial charge in [0, 0.05) is 13.0 Å². The fourth-order valence-corrected chi connectivity index (χ4v) is 2.10. The van der Waals surface area contributed by atoms with Crippen LogP contribution in [-0.4, -0.2) is 24.2 Å². The fraction of sp³-hybridized carbons (Fsp3) is 0.875. The molecule has 1 atom stereocenters. The number of carboxylic acid groups (broad SMARTS) is 1. The zero-order valence-electron chi connectivity index (χ0n) is 6.47. The summed E-state index contributed by atoms with van der Waals surface area (Å²) in [5.41, 5.74) is 0.401. The van der Waals surface area contributed by atoms with E-state index in [4.69, 9.17) is 5.11 Å². The Labute approximate surface area is 65.8 Å². The maximum absolute atomic E-state index is 10.4. The van der Waals surface area contributed by atoms with Gasteiger partial charge in [-0.3, -0.25) is 4.79 Å². The van der Waals surface area contributed by atoms with E-state index in [1.54, 1.807) is 0 Å². The molecule has 0 amide bonds. The summed E-state index contributed by atoms with van der Waals surface area (Å²) in [7, 11) is 0. The third-order valence-corrected chi connectivity index (χ3v) is 3.05. The van der Waals surface area contributed by atoms with Gasteiger partial charge in [-0.05, 0) is 30.7 Å². The van der Waals surface area contributed by atoms with Crippen molar-refractivity contribution in [1.82, 2.24) is 5.32 Å². The van der Waals surface area contributed by atoms with Crippen molar-refractivity contribution in [3.8, 4) is 0 Å². The van der Waals surface area contributed by atoms with Crippen LogP contribution in [0, 0.1) is 11.3 Å². The Kier molecular flexibility index (Phi) is 1.42. The fourth-order valence-electron chi connectivity index (χ4n) is 2.10. The van der Waals surface area contributed by atoms with Gasteiger partial charge in [-0.15, -0.1) is 0 Å². The van der Waals surface area contributed by atoms with Gasteiger partial charge in [-0.1, -0.05) is 0 Å². The van der Waals surface area contributed by atoms with Gasteiger partial charge in [0.1, 0.15) is 0 Å². The van der Waals surface area contributed by atoms with Crippen molar-refractivity contribution in [3.05, 3.63) is 0 Å². The summed E-state index contributed by atoms with van der Waals surface area (Å²) in [4.78, 5) is 10.4. The summed E-state index contributed by atoms with van der Waals surface area (Å²) < 4.78 is 0. The first kappa shape index (κ1) is 7.10. The van der Waals surface area contributed by atoms with Crippen LogP contribution in [0.25, 0.3) is 0 Å². The van der Waals surface area contributed by atoms with Crippen molar-refractivity contribution in [2.45, 2.75) is 19.3 Å². The van der Waals surface area contributed by atoms with Crippen LogP contribution in [0.4, 0.5) is 0 Å². The second-order valence-electron chi connectivity index (χ2n) is 3.79. The average molecular weight is 155 g/mol. The Bertz CT molecular complexity index is 187. The van der Waals surface area contributed by atoms with Crippen LogP contribution in [0.5, 0.6) is 0 Å². The van der Waals surface area contributed by atoms with Gasteiger partial charge < -0.3 is 10.4 Å². The average Bonchev–Trinajstić information content (AvgIpc) is 2.56. The van der Waals surface area contributed by atoms with E-state index in [-0.39, 0.29) is 0 Å². The van der Waals surface area contributed by atoms with E-state index in [2.05, 4.69) is 5.32 Å². The molecular weight excluding hydrogens is 142 g/mol. The second kappa shape index (κ2) is 2.21. The molecule has 2 fully saturated rings. The van der Waals surface area contributed by atoms with Gasteiger partial charge in [0.15, 0.2) is 0 Å². The van der Waals surface area contributed by atoms with Crippen molar-refractivity contribution in [2.24, 2.45) is 11.3 Å². The van der Waals surface area contributed by atoms with Gasteiger partial charge in [-0.25, -0.2) is 0 Å². The van der Waals surface area contributed by atoms with E-state index in [9.17, 15) is 4.79 Å². The summed E-state index contributed by atoms with van der Waals surface area (Å²) in [6.45, 7) is 1.96. The van der Waals surface area contributed by atoms with E-state index in [0.29, 0.717) is 17.8 Å². The van der Waals surface area contributed by atoms with Crippen LogP contribution in [0.1, 0.15) is 19.3 Å². The minimum Gasteiger partial charge on any atom is -0.481 e. The number of hydrogen-bond acceptors (Lipinski definition) is 2. The maximum Gasteiger partial charge on any atom is 0.303 e. The largest absolute Gasteiger partial charge is 0.481 e. The minimum absolute atomic E-state index is 0.354. The third kappa shape index (κ3) is 1.13. The Hall–Kier alpha value is -0.570. The molecular formula is C8H13NO2. The molecule has 1 aliphatic heterocycles.